The molecule has 0 aliphatic carbocycles. The maximum atomic E-state index is 6.08. The quantitative estimate of drug-likeness (QED) is 0.853. The van der Waals surface area contributed by atoms with Gasteiger partial charge in [-0.15, -0.1) is 0 Å². The van der Waals surface area contributed by atoms with Crippen LogP contribution in [-0.2, 0) is 6.42 Å². The lowest BCUT2D eigenvalue weighted by Gasteiger charge is -2.05. The Bertz CT molecular complexity index is 491. The van der Waals surface area contributed by atoms with Crippen LogP contribution in [-0.4, -0.2) is 11.2 Å². The van der Waals surface area contributed by atoms with Crippen molar-refractivity contribution in [3.8, 4) is 0 Å². The number of nitrogens with two attached hydrogens (primary N) is 1. The molecule has 0 saturated heterocycles. The van der Waals surface area contributed by atoms with E-state index in [1.165, 1.54) is 0 Å². The van der Waals surface area contributed by atoms with Gasteiger partial charge in [-0.05, 0) is 38.0 Å². The zero-order chi connectivity index (χ0) is 11.0. The van der Waals surface area contributed by atoms with Crippen LogP contribution in [0, 0.1) is 6.92 Å². The molecule has 0 radical (unpaired) electrons. The molecule has 2 rings (SSSR count). The Labute approximate surface area is 93.2 Å². The zero-order valence-electron chi connectivity index (χ0n) is 8.75. The minimum absolute atomic E-state index is 0.124. The molecule has 1 atom stereocenters. The van der Waals surface area contributed by atoms with Crippen LogP contribution in [0.15, 0.2) is 16.7 Å². The molecular weight excluding hydrogens is 212 g/mol. The summed E-state index contributed by atoms with van der Waals surface area (Å²) < 4.78 is 5.13. The maximum absolute atomic E-state index is 6.08. The molecule has 1 unspecified atom stereocenters. The maximum Gasteiger partial charge on any atom is 0.185 e. The van der Waals surface area contributed by atoms with E-state index in [1.807, 2.05) is 26.0 Å². The Balaban J connectivity index is 2.55. The summed E-state index contributed by atoms with van der Waals surface area (Å²) in [5, 5.41) is 5.46. The highest BCUT2D eigenvalue weighted by Crippen LogP contribution is 2.27. The SMILES string of the molecule is Cc1noc2c(Cl)cc(CC(C)N)cc12. The number of nitrogens with zero attached hydrogens (tertiary/aromatic N) is 1. The predicted octanol–water partition coefficient (Wildman–Crippen LogP) is 2.68. The summed E-state index contributed by atoms with van der Waals surface area (Å²) in [6.07, 6.45) is 0.806. The van der Waals surface area contributed by atoms with Crippen LogP contribution in [0.3, 0.4) is 0 Å². The van der Waals surface area contributed by atoms with Gasteiger partial charge in [-0.3, -0.25) is 0 Å². The molecule has 0 aliphatic rings. The first kappa shape index (κ1) is 10.5. The predicted molar refractivity (Wildman–Crippen MR) is 61.1 cm³/mol. The average molecular weight is 225 g/mol. The number of halogens is 1. The molecule has 3 nitrogen and oxygen atoms in total. The van der Waals surface area contributed by atoms with E-state index in [0.29, 0.717) is 10.6 Å². The summed E-state index contributed by atoms with van der Waals surface area (Å²) in [5.74, 6) is 0. The van der Waals surface area contributed by atoms with Crippen LogP contribution in [0.2, 0.25) is 5.02 Å². The second-order valence-corrected chi connectivity index (χ2v) is 4.31. The van der Waals surface area contributed by atoms with Crippen LogP contribution in [0.25, 0.3) is 11.0 Å². The Hall–Kier alpha value is -1.06. The van der Waals surface area contributed by atoms with Gasteiger partial charge >= 0.3 is 0 Å². The Kier molecular flexibility index (Phi) is 2.67. The largest absolute Gasteiger partial charge is 0.354 e. The van der Waals surface area contributed by atoms with Crippen molar-refractivity contribution in [1.29, 1.82) is 0 Å². The lowest BCUT2D eigenvalue weighted by molar-refractivity contribution is 0.450. The molecule has 4 heteroatoms. The molecule has 1 aromatic heterocycles. The number of aromatic nitrogens is 1. The molecule has 15 heavy (non-hydrogen) atoms. The van der Waals surface area contributed by atoms with E-state index >= 15 is 0 Å². The summed E-state index contributed by atoms with van der Waals surface area (Å²) in [6, 6.07) is 4.05. The molecule has 1 aromatic carbocycles. The second-order valence-electron chi connectivity index (χ2n) is 3.90. The summed E-state index contributed by atoms with van der Waals surface area (Å²) >= 11 is 6.08. The fourth-order valence-corrected chi connectivity index (χ4v) is 1.94. The van der Waals surface area contributed by atoms with Crippen molar-refractivity contribution in [1.82, 2.24) is 5.16 Å². The van der Waals surface area contributed by atoms with E-state index < -0.39 is 0 Å². The molecule has 80 valence electrons. The Morgan fingerprint density at radius 2 is 2.27 bits per heavy atom. The molecule has 1 heterocycles. The van der Waals surface area contributed by atoms with Crippen molar-refractivity contribution in [2.75, 3.05) is 0 Å². The second kappa shape index (κ2) is 3.83. The zero-order valence-corrected chi connectivity index (χ0v) is 9.51. The van der Waals surface area contributed by atoms with Crippen LogP contribution >= 0.6 is 11.6 Å². The van der Waals surface area contributed by atoms with E-state index in [0.717, 1.165) is 23.1 Å². The molecular formula is C11H13ClN2O. The van der Waals surface area contributed by atoms with Crippen LogP contribution in [0.1, 0.15) is 18.2 Å². The van der Waals surface area contributed by atoms with Crippen LogP contribution in [0.4, 0.5) is 0 Å². The van der Waals surface area contributed by atoms with Gasteiger partial charge in [0, 0.05) is 11.4 Å². The fraction of sp³-hybridized carbons (Fsp3) is 0.364. The minimum Gasteiger partial charge on any atom is -0.354 e. The normalized spacial score (nSPS) is 13.3. The van der Waals surface area contributed by atoms with E-state index in [9.17, 15) is 0 Å². The number of hydrogen-bond donors (Lipinski definition) is 1. The van der Waals surface area contributed by atoms with E-state index in [2.05, 4.69) is 5.16 Å². The van der Waals surface area contributed by atoms with Gasteiger partial charge in [-0.25, -0.2) is 0 Å². The van der Waals surface area contributed by atoms with Gasteiger partial charge in [0.25, 0.3) is 0 Å². The minimum atomic E-state index is 0.124. The lowest BCUT2D eigenvalue weighted by Crippen LogP contribution is -2.17. The topological polar surface area (TPSA) is 52.0 Å². The Morgan fingerprint density at radius 1 is 1.53 bits per heavy atom. The lowest BCUT2D eigenvalue weighted by atomic mass is 10.1. The number of hydrogen-bond acceptors (Lipinski definition) is 3. The average Bonchev–Trinajstić information content (AvgIpc) is 2.47. The number of fused-ring (bicyclic) bond motifs is 1. The van der Waals surface area contributed by atoms with E-state index in [4.69, 9.17) is 21.9 Å². The number of aryl methyl sites for hydroxylation is 1. The first-order chi connectivity index (χ1) is 7.08. The van der Waals surface area contributed by atoms with Gasteiger partial charge in [0.2, 0.25) is 0 Å². The highest BCUT2D eigenvalue weighted by atomic mass is 35.5. The molecule has 0 saturated carbocycles. The smallest absolute Gasteiger partial charge is 0.185 e. The van der Waals surface area contributed by atoms with Gasteiger partial charge in [0.15, 0.2) is 5.58 Å². The highest BCUT2D eigenvalue weighted by molar-refractivity contribution is 6.34. The van der Waals surface area contributed by atoms with Crippen LogP contribution < -0.4 is 5.73 Å². The van der Waals surface area contributed by atoms with Crippen molar-refractivity contribution < 1.29 is 4.52 Å². The van der Waals surface area contributed by atoms with Crippen LogP contribution in [0.5, 0.6) is 0 Å². The number of benzene rings is 1. The van der Waals surface area contributed by atoms with Gasteiger partial charge in [0.05, 0.1) is 10.7 Å². The molecule has 0 aliphatic heterocycles. The third-order valence-electron chi connectivity index (χ3n) is 2.32. The molecule has 0 fully saturated rings. The fourth-order valence-electron chi connectivity index (χ4n) is 1.66. The van der Waals surface area contributed by atoms with Gasteiger partial charge in [-0.1, -0.05) is 16.8 Å². The Morgan fingerprint density at radius 3 is 2.93 bits per heavy atom. The van der Waals surface area contributed by atoms with Crippen molar-refractivity contribution in [3.05, 3.63) is 28.4 Å². The van der Waals surface area contributed by atoms with Gasteiger partial charge in [-0.2, -0.15) is 0 Å². The third kappa shape index (κ3) is 1.98. The summed E-state index contributed by atoms with van der Waals surface area (Å²) in [7, 11) is 0. The molecule has 0 amide bonds. The molecule has 2 aromatic rings. The third-order valence-corrected chi connectivity index (χ3v) is 2.61. The van der Waals surface area contributed by atoms with E-state index in [1.54, 1.807) is 0 Å². The summed E-state index contributed by atoms with van der Waals surface area (Å²) in [5.41, 5.74) is 8.38. The first-order valence-corrected chi connectivity index (χ1v) is 5.25. The van der Waals surface area contributed by atoms with Gasteiger partial charge in [0.1, 0.15) is 0 Å². The summed E-state index contributed by atoms with van der Waals surface area (Å²) in [6.45, 7) is 3.87. The summed E-state index contributed by atoms with van der Waals surface area (Å²) in [4.78, 5) is 0. The monoisotopic (exact) mass is 224 g/mol. The number of rotatable bonds is 2. The highest BCUT2D eigenvalue weighted by Gasteiger charge is 2.10. The van der Waals surface area contributed by atoms with Crippen molar-refractivity contribution in [3.63, 3.8) is 0 Å². The van der Waals surface area contributed by atoms with Crippen molar-refractivity contribution >= 4 is 22.6 Å². The van der Waals surface area contributed by atoms with E-state index in [-0.39, 0.29) is 6.04 Å². The first-order valence-electron chi connectivity index (χ1n) is 4.88. The standard InChI is InChI=1S/C11H13ClN2O/c1-6(13)3-8-4-9-7(2)14-15-11(9)10(12)5-8/h4-6H,3,13H2,1-2H3. The van der Waals surface area contributed by atoms with Crippen molar-refractivity contribution in [2.24, 2.45) is 5.73 Å². The van der Waals surface area contributed by atoms with Gasteiger partial charge < -0.3 is 10.3 Å². The molecule has 0 bridgehead atoms. The molecule has 0 spiro atoms. The van der Waals surface area contributed by atoms with Crippen molar-refractivity contribution in [2.45, 2.75) is 26.3 Å². The molecule has 2 N–H and O–H groups in total.